The van der Waals surface area contributed by atoms with Crippen LogP contribution in [0.3, 0.4) is 0 Å². The van der Waals surface area contributed by atoms with Gasteiger partial charge in [-0.2, -0.15) is 0 Å². The van der Waals surface area contributed by atoms with Crippen molar-refractivity contribution < 1.29 is 14.3 Å². The molecule has 3 nitrogen and oxygen atoms in total. The summed E-state index contributed by atoms with van der Waals surface area (Å²) >= 11 is 5.98. The van der Waals surface area contributed by atoms with Gasteiger partial charge in [0.15, 0.2) is 0 Å². The molecule has 0 fully saturated rings. The molecule has 0 aliphatic carbocycles. The normalized spacial score (nSPS) is 12.3. The minimum atomic E-state index is -0.861. The van der Waals surface area contributed by atoms with Gasteiger partial charge in [0.1, 0.15) is 5.82 Å². The summed E-state index contributed by atoms with van der Waals surface area (Å²) in [4.78, 5) is 11.7. The molecule has 120 valence electrons. The molecule has 1 unspecified atom stereocenters. The number of carbonyl (C=O) groups excluding carboxylic acids is 1. The van der Waals surface area contributed by atoms with Gasteiger partial charge < -0.3 is 10.4 Å². The second-order valence-corrected chi connectivity index (χ2v) is 5.41. The van der Waals surface area contributed by atoms with Crippen LogP contribution in [0.1, 0.15) is 23.7 Å². The van der Waals surface area contributed by atoms with Crippen molar-refractivity contribution in [1.29, 1.82) is 0 Å². The van der Waals surface area contributed by atoms with Crippen LogP contribution in [0, 0.1) is 5.82 Å². The first-order chi connectivity index (χ1) is 11.1. The predicted octanol–water partition coefficient (Wildman–Crippen LogP) is 3.73. The van der Waals surface area contributed by atoms with E-state index in [1.807, 2.05) is 0 Å². The smallest absolute Gasteiger partial charge is 0.223 e. The van der Waals surface area contributed by atoms with Crippen LogP contribution < -0.4 is 5.32 Å². The molecular weight excluding hydrogens is 317 g/mol. The zero-order chi connectivity index (χ0) is 16.7. The highest BCUT2D eigenvalue weighted by molar-refractivity contribution is 6.31. The van der Waals surface area contributed by atoms with Gasteiger partial charge in [-0.25, -0.2) is 4.39 Å². The predicted molar refractivity (Wildman–Crippen MR) is 89.5 cm³/mol. The third-order valence-electron chi connectivity index (χ3n) is 3.22. The van der Waals surface area contributed by atoms with Gasteiger partial charge in [-0.15, -0.1) is 0 Å². The van der Waals surface area contributed by atoms with Gasteiger partial charge in [-0.05, 0) is 23.8 Å². The molecular formula is C18H17ClFNO2. The minimum absolute atomic E-state index is 0.0797. The summed E-state index contributed by atoms with van der Waals surface area (Å²) in [5.41, 5.74) is 1.26. The van der Waals surface area contributed by atoms with Crippen LogP contribution in [0.4, 0.5) is 4.39 Å². The van der Waals surface area contributed by atoms with E-state index in [1.165, 1.54) is 12.1 Å². The van der Waals surface area contributed by atoms with Crippen LogP contribution in [0.5, 0.6) is 0 Å². The summed E-state index contributed by atoms with van der Waals surface area (Å²) in [5, 5.41) is 13.1. The van der Waals surface area contributed by atoms with E-state index in [0.29, 0.717) is 16.1 Å². The second-order valence-electron chi connectivity index (χ2n) is 5.00. The first-order valence-corrected chi connectivity index (χ1v) is 7.55. The molecule has 0 saturated carbocycles. The zero-order valence-corrected chi connectivity index (χ0v) is 13.1. The van der Waals surface area contributed by atoms with Gasteiger partial charge in [0.2, 0.25) is 5.91 Å². The van der Waals surface area contributed by atoms with E-state index in [0.717, 1.165) is 0 Å². The van der Waals surface area contributed by atoms with Crippen molar-refractivity contribution in [3.63, 3.8) is 0 Å². The summed E-state index contributed by atoms with van der Waals surface area (Å²) in [5.74, 6) is -0.553. The fourth-order valence-electron chi connectivity index (χ4n) is 2.05. The molecule has 2 rings (SSSR count). The number of aliphatic hydroxyl groups excluding tert-OH is 1. The van der Waals surface area contributed by atoms with Crippen LogP contribution in [0.15, 0.2) is 54.6 Å². The van der Waals surface area contributed by atoms with Crippen molar-refractivity contribution in [2.75, 3.05) is 6.54 Å². The summed E-state index contributed by atoms with van der Waals surface area (Å²) < 4.78 is 13.0. The molecule has 2 aromatic rings. The Kier molecular flexibility index (Phi) is 6.32. The number of halogens is 2. The fourth-order valence-corrected chi connectivity index (χ4v) is 2.31. The van der Waals surface area contributed by atoms with Gasteiger partial charge >= 0.3 is 0 Å². The number of amides is 1. The second kappa shape index (κ2) is 8.46. The summed E-state index contributed by atoms with van der Waals surface area (Å²) in [6.07, 6.45) is 2.60. The van der Waals surface area contributed by atoms with Gasteiger partial charge in [-0.3, -0.25) is 4.79 Å². The third kappa shape index (κ3) is 5.51. The molecule has 0 aliphatic heterocycles. The van der Waals surface area contributed by atoms with E-state index >= 15 is 0 Å². The first-order valence-electron chi connectivity index (χ1n) is 7.17. The zero-order valence-electron chi connectivity index (χ0n) is 12.4. The number of carbonyl (C=O) groups is 1. The maximum atomic E-state index is 13.0. The van der Waals surface area contributed by atoms with Crippen LogP contribution in [-0.2, 0) is 4.79 Å². The van der Waals surface area contributed by atoms with E-state index in [9.17, 15) is 14.3 Å². The quantitative estimate of drug-likeness (QED) is 0.846. The molecule has 5 heteroatoms. The molecule has 2 aromatic carbocycles. The Balaban J connectivity index is 1.80. The van der Waals surface area contributed by atoms with Crippen LogP contribution in [0.2, 0.25) is 5.02 Å². The van der Waals surface area contributed by atoms with Crippen molar-refractivity contribution in [3.8, 4) is 0 Å². The molecule has 1 atom stereocenters. The van der Waals surface area contributed by atoms with Gasteiger partial charge in [-0.1, -0.05) is 54.1 Å². The Hall–Kier alpha value is -2.17. The molecule has 0 saturated heterocycles. The molecule has 0 aliphatic rings. The van der Waals surface area contributed by atoms with Crippen LogP contribution >= 0.6 is 11.6 Å². The Morgan fingerprint density at radius 1 is 1.26 bits per heavy atom. The molecule has 2 N–H and O–H groups in total. The Morgan fingerprint density at radius 2 is 2.04 bits per heavy atom. The number of benzene rings is 2. The van der Waals surface area contributed by atoms with Gasteiger partial charge in [0.25, 0.3) is 0 Å². The monoisotopic (exact) mass is 333 g/mol. The minimum Gasteiger partial charge on any atom is -0.387 e. The molecule has 0 spiro atoms. The maximum Gasteiger partial charge on any atom is 0.223 e. The molecule has 0 aromatic heterocycles. The Labute approximate surface area is 139 Å². The van der Waals surface area contributed by atoms with E-state index < -0.39 is 6.10 Å². The van der Waals surface area contributed by atoms with Crippen molar-refractivity contribution >= 4 is 23.6 Å². The summed E-state index contributed by atoms with van der Waals surface area (Å²) in [6.45, 7) is 0.0797. The highest BCUT2D eigenvalue weighted by Gasteiger charge is 2.11. The highest BCUT2D eigenvalue weighted by Crippen LogP contribution is 2.21. The SMILES string of the molecule is O=C(C/C=C/c1cccc(F)c1)NCC(O)c1ccccc1Cl. The van der Waals surface area contributed by atoms with Crippen molar-refractivity contribution in [1.82, 2.24) is 5.32 Å². The molecule has 1 amide bonds. The molecule has 0 radical (unpaired) electrons. The van der Waals surface area contributed by atoms with Crippen molar-refractivity contribution in [3.05, 3.63) is 76.6 Å². The average Bonchev–Trinajstić information content (AvgIpc) is 2.53. The van der Waals surface area contributed by atoms with E-state index in [1.54, 1.807) is 48.6 Å². The Bertz CT molecular complexity index is 703. The molecule has 23 heavy (non-hydrogen) atoms. The summed E-state index contributed by atoms with van der Waals surface area (Å²) in [6, 6.07) is 13.0. The summed E-state index contributed by atoms with van der Waals surface area (Å²) in [7, 11) is 0. The molecule has 0 heterocycles. The first kappa shape index (κ1) is 17.2. The number of rotatable bonds is 6. The fraction of sp³-hybridized carbons (Fsp3) is 0.167. The van der Waals surface area contributed by atoms with Gasteiger partial charge in [0, 0.05) is 23.6 Å². The molecule has 0 bridgehead atoms. The average molecular weight is 334 g/mol. The largest absolute Gasteiger partial charge is 0.387 e. The van der Waals surface area contributed by atoms with Crippen LogP contribution in [0.25, 0.3) is 6.08 Å². The van der Waals surface area contributed by atoms with E-state index in [4.69, 9.17) is 11.6 Å². The maximum absolute atomic E-state index is 13.0. The third-order valence-corrected chi connectivity index (χ3v) is 3.56. The Morgan fingerprint density at radius 3 is 2.78 bits per heavy atom. The number of nitrogens with one attached hydrogen (secondary N) is 1. The number of hydrogen-bond acceptors (Lipinski definition) is 2. The lowest BCUT2D eigenvalue weighted by Crippen LogP contribution is -2.27. The number of aliphatic hydroxyl groups is 1. The van der Waals surface area contributed by atoms with E-state index in [2.05, 4.69) is 5.32 Å². The van der Waals surface area contributed by atoms with Crippen LogP contribution in [-0.4, -0.2) is 17.6 Å². The van der Waals surface area contributed by atoms with Gasteiger partial charge in [0.05, 0.1) is 6.10 Å². The van der Waals surface area contributed by atoms with Crippen molar-refractivity contribution in [2.24, 2.45) is 0 Å². The lowest BCUT2D eigenvalue weighted by Gasteiger charge is -2.13. The lowest BCUT2D eigenvalue weighted by molar-refractivity contribution is -0.120. The number of hydrogen-bond donors (Lipinski definition) is 2. The highest BCUT2D eigenvalue weighted by atomic mass is 35.5. The topological polar surface area (TPSA) is 49.3 Å². The van der Waals surface area contributed by atoms with Crippen molar-refractivity contribution in [2.45, 2.75) is 12.5 Å². The standard InChI is InChI=1S/C18H17ClFNO2/c19-16-9-2-1-8-15(16)17(22)12-21-18(23)10-4-6-13-5-3-7-14(20)11-13/h1-9,11,17,22H,10,12H2,(H,21,23)/b6-4+. The van der Waals surface area contributed by atoms with E-state index in [-0.39, 0.29) is 24.7 Å². The lowest BCUT2D eigenvalue weighted by atomic mass is 10.1.